The van der Waals surface area contributed by atoms with Gasteiger partial charge < -0.3 is 15.6 Å². The second-order valence-corrected chi connectivity index (χ2v) is 4.49. The van der Waals surface area contributed by atoms with Gasteiger partial charge in [-0.05, 0) is 30.3 Å². The van der Waals surface area contributed by atoms with E-state index in [0.29, 0.717) is 5.95 Å². The van der Waals surface area contributed by atoms with Crippen LogP contribution in [0.1, 0.15) is 6.92 Å². The molecule has 1 aromatic heterocycles. The quantitative estimate of drug-likeness (QED) is 0.681. The molecule has 2 aromatic carbocycles. The van der Waals surface area contributed by atoms with Crippen molar-refractivity contribution in [2.24, 2.45) is 0 Å². The number of imidazole rings is 1. The first-order chi connectivity index (χ1) is 9.70. The van der Waals surface area contributed by atoms with Crippen molar-refractivity contribution in [2.75, 3.05) is 10.6 Å². The standard InChI is InChI=1S/C15H14N4O/c1-10(20)16-11-5-4-6-12(9-11)17-15-18-13-7-2-3-8-14(13)19-15/h2-9H,1H3,(H,16,20)(H2,17,18,19). The van der Waals surface area contributed by atoms with Crippen LogP contribution in [0.25, 0.3) is 11.0 Å². The number of anilines is 3. The third kappa shape index (κ3) is 2.61. The van der Waals surface area contributed by atoms with Gasteiger partial charge in [-0.3, -0.25) is 4.79 Å². The Kier molecular flexibility index (Phi) is 3.09. The number of nitrogens with zero attached hydrogens (tertiary/aromatic N) is 1. The number of H-pyrrole nitrogens is 1. The van der Waals surface area contributed by atoms with E-state index < -0.39 is 0 Å². The molecule has 0 saturated carbocycles. The van der Waals surface area contributed by atoms with E-state index in [9.17, 15) is 4.79 Å². The lowest BCUT2D eigenvalue weighted by Crippen LogP contribution is -2.05. The second kappa shape index (κ2) is 5.05. The van der Waals surface area contributed by atoms with Crippen LogP contribution in [0.2, 0.25) is 0 Å². The summed E-state index contributed by atoms with van der Waals surface area (Å²) in [5.74, 6) is 0.581. The SMILES string of the molecule is CC(=O)Nc1cccc(Nc2nc3ccccc3[nH]2)c1. The molecule has 0 aliphatic rings. The van der Waals surface area contributed by atoms with Crippen molar-refractivity contribution in [3.63, 3.8) is 0 Å². The average Bonchev–Trinajstić information content (AvgIpc) is 2.80. The molecule has 3 rings (SSSR count). The van der Waals surface area contributed by atoms with Crippen LogP contribution in [-0.4, -0.2) is 15.9 Å². The number of hydrogen-bond acceptors (Lipinski definition) is 3. The maximum Gasteiger partial charge on any atom is 0.221 e. The summed E-state index contributed by atoms with van der Waals surface area (Å²) in [6.07, 6.45) is 0. The molecule has 3 N–H and O–H groups in total. The van der Waals surface area contributed by atoms with Gasteiger partial charge in [-0.2, -0.15) is 0 Å². The molecule has 0 saturated heterocycles. The minimum Gasteiger partial charge on any atom is -0.326 e. The molecule has 0 aliphatic carbocycles. The second-order valence-electron chi connectivity index (χ2n) is 4.49. The molecule has 0 fully saturated rings. The van der Waals surface area contributed by atoms with Crippen LogP contribution in [0.5, 0.6) is 0 Å². The number of para-hydroxylation sites is 2. The third-order valence-corrected chi connectivity index (χ3v) is 2.84. The predicted molar refractivity (Wildman–Crippen MR) is 80.1 cm³/mol. The lowest BCUT2D eigenvalue weighted by molar-refractivity contribution is -0.114. The summed E-state index contributed by atoms with van der Waals surface area (Å²) in [6.45, 7) is 1.49. The molecule has 0 atom stereocenters. The number of hydrogen-bond donors (Lipinski definition) is 3. The zero-order valence-electron chi connectivity index (χ0n) is 11.0. The van der Waals surface area contributed by atoms with Crippen molar-refractivity contribution < 1.29 is 4.79 Å². The van der Waals surface area contributed by atoms with Crippen molar-refractivity contribution in [1.29, 1.82) is 0 Å². The molecule has 20 heavy (non-hydrogen) atoms. The lowest BCUT2D eigenvalue weighted by atomic mass is 10.3. The van der Waals surface area contributed by atoms with Crippen molar-refractivity contribution >= 4 is 34.3 Å². The minimum atomic E-state index is -0.0918. The molecular formula is C15H14N4O. The van der Waals surface area contributed by atoms with Crippen LogP contribution in [0.3, 0.4) is 0 Å². The number of amides is 1. The van der Waals surface area contributed by atoms with E-state index in [1.165, 1.54) is 6.92 Å². The van der Waals surface area contributed by atoms with Crippen LogP contribution in [0.15, 0.2) is 48.5 Å². The van der Waals surface area contributed by atoms with Gasteiger partial charge in [0.1, 0.15) is 0 Å². The average molecular weight is 266 g/mol. The first-order valence-electron chi connectivity index (χ1n) is 6.30. The minimum absolute atomic E-state index is 0.0918. The summed E-state index contributed by atoms with van der Waals surface area (Å²) in [5, 5.41) is 5.94. The van der Waals surface area contributed by atoms with E-state index >= 15 is 0 Å². The van der Waals surface area contributed by atoms with Gasteiger partial charge in [0.15, 0.2) is 0 Å². The van der Waals surface area contributed by atoms with Crippen LogP contribution in [0.4, 0.5) is 17.3 Å². The largest absolute Gasteiger partial charge is 0.326 e. The predicted octanol–water partition coefficient (Wildman–Crippen LogP) is 3.26. The van der Waals surface area contributed by atoms with Gasteiger partial charge in [0, 0.05) is 18.3 Å². The molecule has 0 radical (unpaired) electrons. The van der Waals surface area contributed by atoms with E-state index in [1.54, 1.807) is 0 Å². The summed E-state index contributed by atoms with van der Waals surface area (Å²) in [4.78, 5) is 18.7. The van der Waals surface area contributed by atoms with Crippen molar-refractivity contribution in [1.82, 2.24) is 9.97 Å². The fourth-order valence-electron chi connectivity index (χ4n) is 2.03. The Hall–Kier alpha value is -2.82. The Morgan fingerprint density at radius 1 is 1.10 bits per heavy atom. The van der Waals surface area contributed by atoms with Gasteiger partial charge in [0.2, 0.25) is 11.9 Å². The van der Waals surface area contributed by atoms with E-state index in [2.05, 4.69) is 20.6 Å². The van der Waals surface area contributed by atoms with Crippen molar-refractivity contribution in [3.8, 4) is 0 Å². The number of carbonyl (C=O) groups is 1. The number of fused-ring (bicyclic) bond motifs is 1. The van der Waals surface area contributed by atoms with Gasteiger partial charge >= 0.3 is 0 Å². The van der Waals surface area contributed by atoms with Gasteiger partial charge in [-0.15, -0.1) is 0 Å². The van der Waals surface area contributed by atoms with Crippen LogP contribution >= 0.6 is 0 Å². The fourth-order valence-corrected chi connectivity index (χ4v) is 2.03. The summed E-state index contributed by atoms with van der Waals surface area (Å²) in [7, 11) is 0. The number of benzene rings is 2. The van der Waals surface area contributed by atoms with Gasteiger partial charge in [-0.1, -0.05) is 18.2 Å². The Morgan fingerprint density at radius 2 is 1.90 bits per heavy atom. The van der Waals surface area contributed by atoms with E-state index in [-0.39, 0.29) is 5.91 Å². The molecule has 100 valence electrons. The summed E-state index contributed by atoms with van der Waals surface area (Å²) < 4.78 is 0. The Morgan fingerprint density at radius 3 is 2.70 bits per heavy atom. The Bertz CT molecular complexity index is 730. The molecular weight excluding hydrogens is 252 g/mol. The fraction of sp³-hybridized carbons (Fsp3) is 0.0667. The van der Waals surface area contributed by atoms with E-state index in [4.69, 9.17) is 0 Å². The monoisotopic (exact) mass is 266 g/mol. The topological polar surface area (TPSA) is 69.8 Å². The molecule has 0 bridgehead atoms. The maximum absolute atomic E-state index is 11.1. The number of carbonyl (C=O) groups excluding carboxylic acids is 1. The zero-order chi connectivity index (χ0) is 13.9. The number of nitrogens with one attached hydrogen (secondary N) is 3. The highest BCUT2D eigenvalue weighted by molar-refractivity contribution is 5.89. The van der Waals surface area contributed by atoms with Crippen molar-refractivity contribution in [2.45, 2.75) is 6.92 Å². The van der Waals surface area contributed by atoms with E-state index in [0.717, 1.165) is 22.4 Å². The highest BCUT2D eigenvalue weighted by Crippen LogP contribution is 2.20. The smallest absolute Gasteiger partial charge is 0.221 e. The molecule has 1 amide bonds. The Balaban J connectivity index is 1.85. The normalized spacial score (nSPS) is 10.4. The maximum atomic E-state index is 11.1. The van der Waals surface area contributed by atoms with Gasteiger partial charge in [-0.25, -0.2) is 4.98 Å². The third-order valence-electron chi connectivity index (χ3n) is 2.84. The number of rotatable bonds is 3. The molecule has 0 spiro atoms. The summed E-state index contributed by atoms with van der Waals surface area (Å²) in [6, 6.07) is 15.3. The molecule has 5 heteroatoms. The van der Waals surface area contributed by atoms with E-state index in [1.807, 2.05) is 48.5 Å². The summed E-state index contributed by atoms with van der Waals surface area (Å²) >= 11 is 0. The first kappa shape index (κ1) is 12.2. The molecule has 1 heterocycles. The molecule has 0 unspecified atom stereocenters. The molecule has 5 nitrogen and oxygen atoms in total. The lowest BCUT2D eigenvalue weighted by Gasteiger charge is -2.06. The highest BCUT2D eigenvalue weighted by Gasteiger charge is 2.03. The van der Waals surface area contributed by atoms with Gasteiger partial charge in [0.05, 0.1) is 11.0 Å². The van der Waals surface area contributed by atoms with Crippen LogP contribution in [-0.2, 0) is 4.79 Å². The van der Waals surface area contributed by atoms with Crippen molar-refractivity contribution in [3.05, 3.63) is 48.5 Å². The number of aromatic amines is 1. The highest BCUT2D eigenvalue weighted by atomic mass is 16.1. The number of aromatic nitrogens is 2. The van der Waals surface area contributed by atoms with Crippen LogP contribution in [0, 0.1) is 0 Å². The Labute approximate surface area is 116 Å². The van der Waals surface area contributed by atoms with Gasteiger partial charge in [0.25, 0.3) is 0 Å². The molecule has 3 aromatic rings. The summed E-state index contributed by atoms with van der Waals surface area (Å²) in [5.41, 5.74) is 3.50. The molecule has 0 aliphatic heterocycles. The first-order valence-corrected chi connectivity index (χ1v) is 6.30. The van der Waals surface area contributed by atoms with Crippen LogP contribution < -0.4 is 10.6 Å². The zero-order valence-corrected chi connectivity index (χ0v) is 11.0.